The molecule has 1 heterocycles. The number of piperidine rings is 1. The number of aliphatic hydroxyl groups excluding tert-OH is 1. The van der Waals surface area contributed by atoms with Crippen molar-refractivity contribution in [3.8, 4) is 0 Å². The quantitative estimate of drug-likeness (QED) is 0.608. The van der Waals surface area contributed by atoms with E-state index in [1.54, 1.807) is 0 Å². The molecule has 7 heteroatoms. The third kappa shape index (κ3) is 4.88. The highest BCUT2D eigenvalue weighted by Gasteiger charge is 2.28. The monoisotopic (exact) mass is 330 g/mol. The maximum Gasteiger partial charge on any atom is 0.214 e. The molecule has 0 bridgehead atoms. The minimum Gasteiger partial charge on any atom is -0.399 e. The number of anilines is 1. The van der Waals surface area contributed by atoms with Gasteiger partial charge < -0.3 is 10.8 Å². The van der Waals surface area contributed by atoms with Gasteiger partial charge in [-0.05, 0) is 37.0 Å². The largest absolute Gasteiger partial charge is 0.399 e. The summed E-state index contributed by atoms with van der Waals surface area (Å²) in [7, 11) is -3.24. The summed E-state index contributed by atoms with van der Waals surface area (Å²) in [5, 5.41) is 9.19. The molecule has 2 rings (SSSR count). The fraction of sp³-hybridized carbons (Fsp3) is 0.571. The van der Waals surface area contributed by atoms with Crippen molar-refractivity contribution >= 4 is 27.5 Å². The molecule has 0 aromatic heterocycles. The number of nitrogens with two attached hydrogens (primary N) is 1. The van der Waals surface area contributed by atoms with Gasteiger partial charge in [0.2, 0.25) is 10.0 Å². The summed E-state index contributed by atoms with van der Waals surface area (Å²) in [5.41, 5.74) is 6.39. The van der Waals surface area contributed by atoms with E-state index in [-0.39, 0.29) is 18.3 Å². The summed E-state index contributed by atoms with van der Waals surface area (Å²) in [5.74, 6) is 0.701. The lowest BCUT2D eigenvalue weighted by atomic mass is 10.0. The third-order valence-corrected chi connectivity index (χ3v) is 6.69. The number of hydrogen-bond acceptors (Lipinski definition) is 5. The van der Waals surface area contributed by atoms with Gasteiger partial charge in [0.25, 0.3) is 0 Å². The van der Waals surface area contributed by atoms with Gasteiger partial charge in [-0.2, -0.15) is 0 Å². The van der Waals surface area contributed by atoms with Crippen molar-refractivity contribution < 1.29 is 13.5 Å². The lowest BCUT2D eigenvalue weighted by molar-refractivity contribution is 0.165. The molecule has 0 radical (unpaired) electrons. The van der Waals surface area contributed by atoms with Crippen LogP contribution in [-0.4, -0.2) is 49.0 Å². The standard InChI is InChI=1S/C14H22N2O3S2/c15-13-4-1-5-14(9-13)20-7-8-21(18,19)16-6-2-3-12(10-16)11-17/h1,4-5,9,12,17H,2-3,6-8,10-11,15H2. The average molecular weight is 330 g/mol. The van der Waals surface area contributed by atoms with Crippen LogP contribution in [0.4, 0.5) is 5.69 Å². The van der Waals surface area contributed by atoms with E-state index in [1.165, 1.54) is 16.1 Å². The Kier molecular flexibility index (Phi) is 5.92. The van der Waals surface area contributed by atoms with Gasteiger partial charge in [0, 0.05) is 36.0 Å². The maximum absolute atomic E-state index is 12.3. The van der Waals surface area contributed by atoms with Gasteiger partial charge in [-0.3, -0.25) is 0 Å². The smallest absolute Gasteiger partial charge is 0.214 e. The zero-order chi connectivity index (χ0) is 15.3. The molecule has 1 fully saturated rings. The molecule has 21 heavy (non-hydrogen) atoms. The molecule has 1 saturated heterocycles. The van der Waals surface area contributed by atoms with E-state index in [0.717, 1.165) is 17.7 Å². The van der Waals surface area contributed by atoms with Crippen LogP contribution < -0.4 is 5.73 Å². The Bertz CT molecular complexity index is 563. The minimum absolute atomic E-state index is 0.0596. The van der Waals surface area contributed by atoms with E-state index >= 15 is 0 Å². The first-order valence-electron chi connectivity index (χ1n) is 7.08. The molecule has 1 unspecified atom stereocenters. The van der Waals surface area contributed by atoms with Crippen LogP contribution in [0.1, 0.15) is 12.8 Å². The van der Waals surface area contributed by atoms with E-state index in [9.17, 15) is 13.5 Å². The second-order valence-corrected chi connectivity index (χ2v) is 8.54. The van der Waals surface area contributed by atoms with Crippen molar-refractivity contribution in [1.29, 1.82) is 0 Å². The van der Waals surface area contributed by atoms with Crippen LogP contribution in [0, 0.1) is 5.92 Å². The van der Waals surface area contributed by atoms with Crippen LogP contribution in [0.2, 0.25) is 0 Å². The molecule has 1 aliphatic heterocycles. The van der Waals surface area contributed by atoms with Crippen LogP contribution in [-0.2, 0) is 10.0 Å². The van der Waals surface area contributed by atoms with Crippen LogP contribution >= 0.6 is 11.8 Å². The first kappa shape index (κ1) is 16.6. The summed E-state index contributed by atoms with van der Waals surface area (Å²) >= 11 is 1.50. The molecule has 0 amide bonds. The predicted molar refractivity (Wildman–Crippen MR) is 86.7 cm³/mol. The Morgan fingerprint density at radius 3 is 2.95 bits per heavy atom. The fourth-order valence-corrected chi connectivity index (χ4v) is 5.34. The minimum atomic E-state index is -3.24. The summed E-state index contributed by atoms with van der Waals surface area (Å²) < 4.78 is 26.1. The van der Waals surface area contributed by atoms with Crippen LogP contribution in [0.15, 0.2) is 29.2 Å². The van der Waals surface area contributed by atoms with Gasteiger partial charge in [0.1, 0.15) is 0 Å². The van der Waals surface area contributed by atoms with E-state index in [0.29, 0.717) is 24.5 Å². The van der Waals surface area contributed by atoms with E-state index in [2.05, 4.69) is 0 Å². The van der Waals surface area contributed by atoms with Gasteiger partial charge >= 0.3 is 0 Å². The lowest BCUT2D eigenvalue weighted by Gasteiger charge is -2.30. The van der Waals surface area contributed by atoms with E-state index in [4.69, 9.17) is 5.73 Å². The first-order valence-corrected chi connectivity index (χ1v) is 9.68. The first-order chi connectivity index (χ1) is 10.0. The Morgan fingerprint density at radius 1 is 1.43 bits per heavy atom. The highest BCUT2D eigenvalue weighted by atomic mass is 32.2. The Hall–Kier alpha value is -0.760. The molecule has 0 spiro atoms. The van der Waals surface area contributed by atoms with Gasteiger partial charge in [-0.25, -0.2) is 12.7 Å². The van der Waals surface area contributed by atoms with Crippen molar-refractivity contribution in [2.75, 3.05) is 36.9 Å². The second kappa shape index (κ2) is 7.49. The van der Waals surface area contributed by atoms with E-state index in [1.807, 2.05) is 24.3 Å². The normalized spacial score (nSPS) is 20.5. The number of aliphatic hydroxyl groups is 1. The lowest BCUT2D eigenvalue weighted by Crippen LogP contribution is -2.42. The van der Waals surface area contributed by atoms with E-state index < -0.39 is 10.0 Å². The summed E-state index contributed by atoms with van der Waals surface area (Å²) in [6.07, 6.45) is 1.73. The van der Waals surface area contributed by atoms with Crippen molar-refractivity contribution in [2.24, 2.45) is 5.92 Å². The Balaban J connectivity index is 1.86. The SMILES string of the molecule is Nc1cccc(SCCS(=O)(=O)N2CCCC(CO)C2)c1. The molecule has 3 N–H and O–H groups in total. The molecule has 1 aromatic rings. The Morgan fingerprint density at radius 2 is 2.24 bits per heavy atom. The molecular weight excluding hydrogens is 308 g/mol. The van der Waals surface area contributed by atoms with Crippen molar-refractivity contribution in [3.05, 3.63) is 24.3 Å². The number of benzene rings is 1. The van der Waals surface area contributed by atoms with Gasteiger partial charge in [0.05, 0.1) is 5.75 Å². The van der Waals surface area contributed by atoms with Crippen molar-refractivity contribution in [2.45, 2.75) is 17.7 Å². The highest BCUT2D eigenvalue weighted by Crippen LogP contribution is 2.23. The number of hydrogen-bond donors (Lipinski definition) is 2. The molecule has 0 saturated carbocycles. The maximum atomic E-state index is 12.3. The van der Waals surface area contributed by atoms with Crippen LogP contribution in [0.5, 0.6) is 0 Å². The molecule has 1 aliphatic rings. The van der Waals surface area contributed by atoms with Crippen LogP contribution in [0.3, 0.4) is 0 Å². The number of thioether (sulfide) groups is 1. The van der Waals surface area contributed by atoms with Crippen molar-refractivity contribution in [3.63, 3.8) is 0 Å². The zero-order valence-electron chi connectivity index (χ0n) is 11.9. The predicted octanol–water partition coefficient (Wildman–Crippen LogP) is 1.39. The Labute approximate surface area is 130 Å². The zero-order valence-corrected chi connectivity index (χ0v) is 13.6. The molecule has 1 aromatic carbocycles. The number of nitrogen functional groups attached to an aromatic ring is 1. The summed E-state index contributed by atoms with van der Waals surface area (Å²) in [6, 6.07) is 7.45. The number of sulfonamides is 1. The van der Waals surface area contributed by atoms with Gasteiger partial charge in [0.15, 0.2) is 0 Å². The van der Waals surface area contributed by atoms with Gasteiger partial charge in [-0.15, -0.1) is 11.8 Å². The average Bonchev–Trinajstić information content (AvgIpc) is 2.47. The molecule has 118 valence electrons. The molecule has 5 nitrogen and oxygen atoms in total. The topological polar surface area (TPSA) is 83.6 Å². The molecular formula is C14H22N2O3S2. The highest BCUT2D eigenvalue weighted by molar-refractivity contribution is 8.00. The van der Waals surface area contributed by atoms with Gasteiger partial charge in [-0.1, -0.05) is 6.07 Å². The molecule has 0 aliphatic carbocycles. The summed E-state index contributed by atoms with van der Waals surface area (Å²) in [6.45, 7) is 1.08. The second-order valence-electron chi connectivity index (χ2n) is 5.29. The number of nitrogens with zero attached hydrogens (tertiary/aromatic N) is 1. The van der Waals surface area contributed by atoms with Crippen molar-refractivity contribution in [1.82, 2.24) is 4.31 Å². The summed E-state index contributed by atoms with van der Waals surface area (Å²) in [4.78, 5) is 0.983. The number of rotatable bonds is 6. The van der Waals surface area contributed by atoms with Crippen LogP contribution in [0.25, 0.3) is 0 Å². The third-order valence-electron chi connectivity index (χ3n) is 3.60. The fourth-order valence-electron chi connectivity index (χ4n) is 2.43. The molecule has 1 atom stereocenters.